The molecule has 1 saturated heterocycles. The van der Waals surface area contributed by atoms with Gasteiger partial charge in [0, 0.05) is 30.4 Å². The fraction of sp³-hybridized carbons (Fsp3) is 0.353. The van der Waals surface area contributed by atoms with Gasteiger partial charge in [0.2, 0.25) is 10.0 Å². The predicted octanol–water partition coefficient (Wildman–Crippen LogP) is 3.32. The molecular weight excluding hydrogens is 419 g/mol. The van der Waals surface area contributed by atoms with Crippen LogP contribution >= 0.6 is 11.6 Å². The summed E-state index contributed by atoms with van der Waals surface area (Å²) in [6, 6.07) is 6.08. The quantitative estimate of drug-likeness (QED) is 0.780. The van der Waals surface area contributed by atoms with Gasteiger partial charge in [0.05, 0.1) is 12.7 Å². The molecule has 1 aromatic carbocycles. The number of sulfonamides is 1. The second-order valence-electron chi connectivity index (χ2n) is 6.25. The van der Waals surface area contributed by atoms with Crippen LogP contribution in [-0.4, -0.2) is 39.6 Å². The van der Waals surface area contributed by atoms with E-state index in [0.717, 1.165) is 12.3 Å². The average molecular weight is 436 g/mol. The Hall–Kier alpha value is -2.04. The summed E-state index contributed by atoms with van der Waals surface area (Å²) in [4.78, 5) is 5.50. The van der Waals surface area contributed by atoms with Crippen LogP contribution in [0.3, 0.4) is 0 Å². The second kappa shape index (κ2) is 7.76. The molecule has 152 valence electrons. The third kappa shape index (κ3) is 4.50. The van der Waals surface area contributed by atoms with Crippen molar-refractivity contribution in [2.24, 2.45) is 0 Å². The number of rotatable bonds is 5. The van der Waals surface area contributed by atoms with Crippen molar-refractivity contribution in [1.82, 2.24) is 9.71 Å². The van der Waals surface area contributed by atoms with Crippen LogP contribution in [0, 0.1) is 0 Å². The minimum atomic E-state index is -4.45. The summed E-state index contributed by atoms with van der Waals surface area (Å²) in [5.41, 5.74) is -0.833. The molecule has 0 saturated carbocycles. The first-order valence-electron chi connectivity index (χ1n) is 8.24. The SMILES string of the molecule is COc1ccc(Cl)cc1S(=O)(=O)N[C@H]1CCN(c2ccc(C(F)(F)F)cn2)C1. The monoisotopic (exact) mass is 435 g/mol. The van der Waals surface area contributed by atoms with E-state index in [9.17, 15) is 21.6 Å². The van der Waals surface area contributed by atoms with Crippen molar-refractivity contribution in [3.8, 4) is 5.75 Å². The summed E-state index contributed by atoms with van der Waals surface area (Å²) in [7, 11) is -2.54. The van der Waals surface area contributed by atoms with Crippen molar-refractivity contribution in [3.63, 3.8) is 0 Å². The molecule has 11 heteroatoms. The maximum absolute atomic E-state index is 12.7. The van der Waals surface area contributed by atoms with Crippen LogP contribution in [0.5, 0.6) is 5.75 Å². The summed E-state index contributed by atoms with van der Waals surface area (Å²) in [5, 5.41) is 0.253. The first kappa shape index (κ1) is 20.7. The van der Waals surface area contributed by atoms with E-state index in [1.54, 1.807) is 4.90 Å². The van der Waals surface area contributed by atoms with Crippen molar-refractivity contribution in [2.75, 3.05) is 25.1 Å². The van der Waals surface area contributed by atoms with Crippen molar-refractivity contribution in [3.05, 3.63) is 47.1 Å². The van der Waals surface area contributed by atoms with Crippen LogP contribution in [0.15, 0.2) is 41.4 Å². The number of hydrogen-bond acceptors (Lipinski definition) is 5. The lowest BCUT2D eigenvalue weighted by Crippen LogP contribution is -2.37. The van der Waals surface area contributed by atoms with Crippen molar-refractivity contribution < 1.29 is 26.3 Å². The number of benzene rings is 1. The van der Waals surface area contributed by atoms with Gasteiger partial charge in [0.25, 0.3) is 0 Å². The molecule has 1 aliphatic rings. The Morgan fingerprint density at radius 3 is 2.64 bits per heavy atom. The fourth-order valence-electron chi connectivity index (χ4n) is 2.95. The van der Waals surface area contributed by atoms with Crippen LogP contribution in [0.25, 0.3) is 0 Å². The maximum Gasteiger partial charge on any atom is 0.417 e. The zero-order valence-corrected chi connectivity index (χ0v) is 16.3. The molecule has 1 aromatic heterocycles. The molecule has 1 fully saturated rings. The van der Waals surface area contributed by atoms with Crippen molar-refractivity contribution >= 4 is 27.4 Å². The zero-order chi connectivity index (χ0) is 20.5. The van der Waals surface area contributed by atoms with Crippen LogP contribution in [0.4, 0.5) is 19.0 Å². The third-order valence-electron chi connectivity index (χ3n) is 4.32. The van der Waals surface area contributed by atoms with Crippen molar-refractivity contribution in [2.45, 2.75) is 23.5 Å². The highest BCUT2D eigenvalue weighted by Crippen LogP contribution is 2.31. The number of anilines is 1. The van der Waals surface area contributed by atoms with Gasteiger partial charge in [-0.3, -0.25) is 0 Å². The van der Waals surface area contributed by atoms with E-state index < -0.39 is 27.8 Å². The summed E-state index contributed by atoms with van der Waals surface area (Å²) < 4.78 is 71.0. The van der Waals surface area contributed by atoms with Gasteiger partial charge in [-0.15, -0.1) is 0 Å². The minimum Gasteiger partial charge on any atom is -0.495 e. The molecule has 1 atom stereocenters. The Kier molecular flexibility index (Phi) is 5.74. The van der Waals surface area contributed by atoms with Gasteiger partial charge < -0.3 is 9.64 Å². The van der Waals surface area contributed by atoms with E-state index in [2.05, 4.69) is 9.71 Å². The number of methoxy groups -OCH3 is 1. The summed E-state index contributed by atoms with van der Waals surface area (Å²) >= 11 is 5.90. The van der Waals surface area contributed by atoms with Gasteiger partial charge in [-0.05, 0) is 36.8 Å². The molecule has 2 aromatic rings. The van der Waals surface area contributed by atoms with Gasteiger partial charge in [0.15, 0.2) is 0 Å². The number of hydrogen-bond donors (Lipinski definition) is 1. The molecule has 0 radical (unpaired) electrons. The molecule has 2 heterocycles. The molecule has 3 rings (SSSR count). The van der Waals surface area contributed by atoms with E-state index in [1.165, 1.54) is 31.4 Å². The Bertz CT molecular complexity index is 952. The van der Waals surface area contributed by atoms with E-state index in [1.807, 2.05) is 0 Å². The van der Waals surface area contributed by atoms with Crippen molar-refractivity contribution in [1.29, 1.82) is 0 Å². The molecule has 0 aliphatic carbocycles. The Morgan fingerprint density at radius 2 is 2.04 bits per heavy atom. The molecular formula is C17H17ClF3N3O3S. The number of ether oxygens (including phenoxy) is 1. The molecule has 0 spiro atoms. The minimum absolute atomic E-state index is 0.0754. The highest BCUT2D eigenvalue weighted by atomic mass is 35.5. The van der Waals surface area contributed by atoms with E-state index in [4.69, 9.17) is 16.3 Å². The number of alkyl halides is 3. The lowest BCUT2D eigenvalue weighted by atomic mass is 10.3. The lowest BCUT2D eigenvalue weighted by molar-refractivity contribution is -0.137. The smallest absolute Gasteiger partial charge is 0.417 e. The average Bonchev–Trinajstić information content (AvgIpc) is 3.09. The van der Waals surface area contributed by atoms with Crippen LogP contribution in [0.1, 0.15) is 12.0 Å². The zero-order valence-electron chi connectivity index (χ0n) is 14.7. The largest absolute Gasteiger partial charge is 0.495 e. The van der Waals surface area contributed by atoms with Gasteiger partial charge in [-0.2, -0.15) is 13.2 Å². The topological polar surface area (TPSA) is 71.5 Å². The Morgan fingerprint density at radius 1 is 1.29 bits per heavy atom. The van der Waals surface area contributed by atoms with Gasteiger partial charge in [-0.25, -0.2) is 18.1 Å². The molecule has 1 aliphatic heterocycles. The Labute approximate surface area is 165 Å². The van der Waals surface area contributed by atoms with E-state index in [0.29, 0.717) is 18.8 Å². The molecule has 28 heavy (non-hydrogen) atoms. The highest BCUT2D eigenvalue weighted by Gasteiger charge is 2.32. The lowest BCUT2D eigenvalue weighted by Gasteiger charge is -2.19. The standard InChI is InChI=1S/C17H17ClF3N3O3S/c1-27-14-4-3-12(18)8-15(14)28(25,26)23-13-6-7-24(10-13)16-5-2-11(9-22-16)17(19,20)21/h2-5,8-9,13,23H,6-7,10H2,1H3/t13-/m0/s1. The fourth-order valence-corrected chi connectivity index (χ4v) is 4.64. The van der Waals surface area contributed by atoms with Gasteiger partial charge in [-0.1, -0.05) is 11.6 Å². The first-order chi connectivity index (χ1) is 13.1. The third-order valence-corrected chi connectivity index (χ3v) is 6.10. The second-order valence-corrected chi connectivity index (χ2v) is 8.37. The van der Waals surface area contributed by atoms with Gasteiger partial charge in [0.1, 0.15) is 16.5 Å². The summed E-state index contributed by atoms with van der Waals surface area (Å²) in [6.45, 7) is 0.735. The number of pyridine rings is 1. The van der Waals surface area contributed by atoms with Crippen LogP contribution < -0.4 is 14.4 Å². The highest BCUT2D eigenvalue weighted by molar-refractivity contribution is 7.89. The normalized spacial score (nSPS) is 17.8. The van der Waals surface area contributed by atoms with E-state index >= 15 is 0 Å². The predicted molar refractivity (Wildman–Crippen MR) is 98.2 cm³/mol. The number of aromatic nitrogens is 1. The van der Waals surface area contributed by atoms with Gasteiger partial charge >= 0.3 is 6.18 Å². The Balaban J connectivity index is 1.71. The van der Waals surface area contributed by atoms with Crippen LogP contribution in [0.2, 0.25) is 5.02 Å². The number of halogens is 4. The molecule has 1 N–H and O–H groups in total. The summed E-state index contributed by atoms with van der Waals surface area (Å²) in [6.07, 6.45) is -3.21. The first-order valence-corrected chi connectivity index (χ1v) is 10.1. The van der Waals surface area contributed by atoms with E-state index in [-0.39, 0.29) is 22.2 Å². The molecule has 0 amide bonds. The molecule has 0 bridgehead atoms. The number of nitrogens with zero attached hydrogens (tertiary/aromatic N) is 2. The molecule has 0 unspecified atom stereocenters. The summed E-state index contributed by atoms with van der Waals surface area (Å²) in [5.74, 6) is 0.520. The van der Waals surface area contributed by atoms with Crippen LogP contribution in [-0.2, 0) is 16.2 Å². The number of nitrogens with one attached hydrogen (secondary N) is 1. The molecule has 6 nitrogen and oxygen atoms in total. The maximum atomic E-state index is 12.7.